The van der Waals surface area contributed by atoms with Crippen molar-refractivity contribution in [1.82, 2.24) is 0 Å². The van der Waals surface area contributed by atoms with E-state index in [9.17, 15) is 8.42 Å². The summed E-state index contributed by atoms with van der Waals surface area (Å²) in [6.07, 6.45) is 1.52. The second-order valence-electron chi connectivity index (χ2n) is 3.65. The molecule has 0 bridgehead atoms. The second kappa shape index (κ2) is 3.41. The molecule has 0 heterocycles. The Balaban J connectivity index is 2.45. The second-order valence-corrected chi connectivity index (χ2v) is 5.88. The first-order valence-electron chi connectivity index (χ1n) is 4.73. The van der Waals surface area contributed by atoms with E-state index >= 15 is 0 Å². The Kier molecular flexibility index (Phi) is 2.34. The van der Waals surface area contributed by atoms with Gasteiger partial charge in [0.2, 0.25) is 0 Å². The maximum absolute atomic E-state index is 11.9. The van der Waals surface area contributed by atoms with Gasteiger partial charge in [-0.1, -0.05) is 0 Å². The fourth-order valence-corrected chi connectivity index (χ4v) is 3.11. The molecule has 15 heavy (non-hydrogen) atoms. The predicted octanol–water partition coefficient (Wildman–Crippen LogP) is 1.21. The lowest BCUT2D eigenvalue weighted by Gasteiger charge is -2.07. The van der Waals surface area contributed by atoms with Gasteiger partial charge in [-0.2, -0.15) is 0 Å². The molecular weight excluding hydrogens is 214 g/mol. The summed E-state index contributed by atoms with van der Waals surface area (Å²) in [7, 11) is -1.68. The fraction of sp³-hybridized carbons (Fsp3) is 0.400. The number of anilines is 1. The number of methoxy groups -OCH3 is 1. The van der Waals surface area contributed by atoms with Crippen molar-refractivity contribution in [3.63, 3.8) is 0 Å². The Bertz CT molecular complexity index is 477. The van der Waals surface area contributed by atoms with Crippen molar-refractivity contribution >= 4 is 15.5 Å². The van der Waals surface area contributed by atoms with Gasteiger partial charge >= 0.3 is 0 Å². The van der Waals surface area contributed by atoms with Crippen molar-refractivity contribution in [2.24, 2.45) is 0 Å². The summed E-state index contributed by atoms with van der Waals surface area (Å²) in [4.78, 5) is 0.302. The zero-order valence-electron chi connectivity index (χ0n) is 8.43. The van der Waals surface area contributed by atoms with Crippen molar-refractivity contribution in [3.8, 4) is 5.75 Å². The summed E-state index contributed by atoms with van der Waals surface area (Å²) in [6, 6.07) is 4.59. The van der Waals surface area contributed by atoms with Crippen LogP contribution in [-0.4, -0.2) is 20.8 Å². The molecule has 1 aromatic carbocycles. The van der Waals surface area contributed by atoms with Crippen molar-refractivity contribution < 1.29 is 13.2 Å². The summed E-state index contributed by atoms with van der Waals surface area (Å²) in [5.41, 5.74) is 6.07. The largest absolute Gasteiger partial charge is 0.495 e. The topological polar surface area (TPSA) is 69.4 Å². The smallest absolute Gasteiger partial charge is 0.181 e. The molecule has 0 amide bonds. The number of rotatable bonds is 3. The van der Waals surface area contributed by atoms with Crippen molar-refractivity contribution in [1.29, 1.82) is 0 Å². The molecule has 0 saturated heterocycles. The zero-order valence-corrected chi connectivity index (χ0v) is 9.25. The lowest BCUT2D eigenvalue weighted by molar-refractivity contribution is 0.415. The molecule has 0 atom stereocenters. The molecule has 0 spiro atoms. The predicted molar refractivity (Wildman–Crippen MR) is 57.6 cm³/mol. The van der Waals surface area contributed by atoms with Gasteiger partial charge in [0.05, 0.1) is 22.9 Å². The Morgan fingerprint density at radius 1 is 1.40 bits per heavy atom. The normalized spacial score (nSPS) is 16.3. The lowest BCUT2D eigenvalue weighted by Crippen LogP contribution is -2.07. The third-order valence-electron chi connectivity index (χ3n) is 2.50. The Labute approximate surface area is 89.0 Å². The molecule has 0 radical (unpaired) electrons. The number of hydrogen-bond acceptors (Lipinski definition) is 4. The van der Waals surface area contributed by atoms with Gasteiger partial charge in [0.1, 0.15) is 5.75 Å². The van der Waals surface area contributed by atoms with Gasteiger partial charge in [0, 0.05) is 6.07 Å². The van der Waals surface area contributed by atoms with Crippen LogP contribution in [0.4, 0.5) is 5.69 Å². The average Bonchev–Trinajstić information content (AvgIpc) is 3.01. The van der Waals surface area contributed by atoms with E-state index in [1.54, 1.807) is 6.07 Å². The van der Waals surface area contributed by atoms with Crippen LogP contribution in [0.5, 0.6) is 5.75 Å². The molecule has 0 unspecified atom stereocenters. The minimum absolute atomic E-state index is 0.203. The highest BCUT2D eigenvalue weighted by atomic mass is 32.2. The van der Waals surface area contributed by atoms with Crippen LogP contribution >= 0.6 is 0 Å². The molecule has 4 nitrogen and oxygen atoms in total. The van der Waals surface area contributed by atoms with Gasteiger partial charge < -0.3 is 10.5 Å². The molecule has 82 valence electrons. The molecular formula is C10H13NO3S. The van der Waals surface area contributed by atoms with E-state index in [0.29, 0.717) is 16.3 Å². The van der Waals surface area contributed by atoms with Crippen LogP contribution in [0.25, 0.3) is 0 Å². The van der Waals surface area contributed by atoms with Gasteiger partial charge in [-0.25, -0.2) is 8.42 Å². The SMILES string of the molecule is COc1cc(S(=O)(=O)C2CC2)ccc1N. The molecule has 1 saturated carbocycles. The van der Waals surface area contributed by atoms with Crippen LogP contribution in [0.15, 0.2) is 23.1 Å². The van der Waals surface area contributed by atoms with E-state index in [4.69, 9.17) is 10.5 Å². The quantitative estimate of drug-likeness (QED) is 0.788. The highest BCUT2D eigenvalue weighted by Gasteiger charge is 2.37. The molecule has 1 aliphatic carbocycles. The van der Waals surface area contributed by atoms with E-state index in [-0.39, 0.29) is 5.25 Å². The highest BCUT2D eigenvalue weighted by molar-refractivity contribution is 7.92. The number of hydrogen-bond donors (Lipinski definition) is 1. The van der Waals surface area contributed by atoms with Crippen LogP contribution in [0.2, 0.25) is 0 Å². The third kappa shape index (κ3) is 1.79. The Morgan fingerprint density at radius 2 is 2.07 bits per heavy atom. The minimum Gasteiger partial charge on any atom is -0.495 e. The van der Waals surface area contributed by atoms with Gasteiger partial charge in [-0.15, -0.1) is 0 Å². The van der Waals surface area contributed by atoms with Gasteiger partial charge in [-0.05, 0) is 25.0 Å². The average molecular weight is 227 g/mol. The van der Waals surface area contributed by atoms with E-state index in [2.05, 4.69) is 0 Å². The summed E-state index contributed by atoms with van der Waals surface area (Å²) in [5, 5.41) is -0.203. The minimum atomic E-state index is -3.15. The first-order valence-corrected chi connectivity index (χ1v) is 6.28. The number of nitrogen functional groups attached to an aromatic ring is 1. The number of benzene rings is 1. The summed E-state index contributed by atoms with van der Waals surface area (Å²) in [6.45, 7) is 0. The number of nitrogens with two attached hydrogens (primary N) is 1. The maximum Gasteiger partial charge on any atom is 0.181 e. The molecule has 1 fully saturated rings. The first kappa shape index (κ1) is 10.3. The Hall–Kier alpha value is -1.23. The maximum atomic E-state index is 11.9. The fourth-order valence-electron chi connectivity index (χ4n) is 1.44. The van der Waals surface area contributed by atoms with Crippen molar-refractivity contribution in [2.75, 3.05) is 12.8 Å². The molecule has 1 aliphatic rings. The highest BCUT2D eigenvalue weighted by Crippen LogP contribution is 2.35. The molecule has 1 aromatic rings. The van der Waals surface area contributed by atoms with E-state index < -0.39 is 9.84 Å². The molecule has 0 aliphatic heterocycles. The van der Waals surface area contributed by atoms with Gasteiger partial charge in [0.25, 0.3) is 0 Å². The standard InChI is InChI=1S/C10H13NO3S/c1-14-10-6-8(4-5-9(10)11)15(12,13)7-2-3-7/h4-7H,2-3,11H2,1H3. The Morgan fingerprint density at radius 3 is 2.60 bits per heavy atom. The van der Waals surface area contributed by atoms with Crippen LogP contribution in [0.3, 0.4) is 0 Å². The van der Waals surface area contributed by atoms with Crippen molar-refractivity contribution in [3.05, 3.63) is 18.2 Å². The first-order chi connectivity index (χ1) is 7.05. The molecule has 2 rings (SSSR count). The van der Waals surface area contributed by atoms with Gasteiger partial charge in [0.15, 0.2) is 9.84 Å². The van der Waals surface area contributed by atoms with E-state index in [1.165, 1.54) is 19.2 Å². The van der Waals surface area contributed by atoms with Crippen LogP contribution in [0, 0.1) is 0 Å². The molecule has 0 aromatic heterocycles. The van der Waals surface area contributed by atoms with Crippen LogP contribution < -0.4 is 10.5 Å². The summed E-state index contributed by atoms with van der Waals surface area (Å²) in [5.74, 6) is 0.414. The van der Waals surface area contributed by atoms with E-state index in [0.717, 1.165) is 12.8 Å². The van der Waals surface area contributed by atoms with E-state index in [1.807, 2.05) is 0 Å². The van der Waals surface area contributed by atoms with Crippen LogP contribution in [-0.2, 0) is 9.84 Å². The zero-order chi connectivity index (χ0) is 11.1. The summed E-state index contributed by atoms with van der Waals surface area (Å²) < 4.78 is 28.7. The van der Waals surface area contributed by atoms with Crippen molar-refractivity contribution in [2.45, 2.75) is 23.0 Å². The van der Waals surface area contributed by atoms with Crippen LogP contribution in [0.1, 0.15) is 12.8 Å². The number of ether oxygens (including phenoxy) is 1. The number of sulfone groups is 1. The summed E-state index contributed by atoms with van der Waals surface area (Å²) >= 11 is 0. The van der Waals surface area contributed by atoms with Gasteiger partial charge in [-0.3, -0.25) is 0 Å². The third-order valence-corrected chi connectivity index (χ3v) is 4.76. The lowest BCUT2D eigenvalue weighted by atomic mass is 10.3. The molecule has 2 N–H and O–H groups in total. The monoisotopic (exact) mass is 227 g/mol. The molecule has 5 heteroatoms.